The Hall–Kier alpha value is -0.150. The van der Waals surface area contributed by atoms with E-state index in [1.807, 2.05) is 5.38 Å². The van der Waals surface area contributed by atoms with Crippen molar-refractivity contribution in [2.75, 3.05) is 0 Å². The molecule has 0 saturated heterocycles. The number of halogens is 1. The van der Waals surface area contributed by atoms with Crippen LogP contribution >= 0.6 is 27.3 Å². The number of hydrogen-bond acceptors (Lipinski definition) is 2. The molecule has 0 amide bonds. The van der Waals surface area contributed by atoms with Gasteiger partial charge in [0.15, 0.2) is 0 Å². The van der Waals surface area contributed by atoms with E-state index in [0.29, 0.717) is 18.1 Å². The molecule has 0 radical (unpaired) electrons. The Labute approximate surface area is 109 Å². The molecular formula is C13H17BrOS. The summed E-state index contributed by atoms with van der Waals surface area (Å²) in [6, 6.07) is 2.06. The standard InChI is InChI=1S/C13H17BrOS/c1-9-2-4-10(5-3-9)13(15)7-12-6-11(14)8-16-12/h6,8-10H,2-5,7H2,1H3. The Morgan fingerprint density at radius 2 is 2.12 bits per heavy atom. The number of ketones is 1. The molecule has 2 rings (SSSR count). The van der Waals surface area contributed by atoms with Crippen molar-refractivity contribution in [1.82, 2.24) is 0 Å². The molecule has 88 valence electrons. The third-order valence-electron chi connectivity index (χ3n) is 3.44. The molecule has 0 aromatic carbocycles. The van der Waals surface area contributed by atoms with Crippen molar-refractivity contribution in [3.05, 3.63) is 20.8 Å². The number of hydrogen-bond donors (Lipinski definition) is 0. The largest absolute Gasteiger partial charge is 0.299 e. The minimum absolute atomic E-state index is 0.331. The molecule has 0 unspecified atom stereocenters. The van der Waals surface area contributed by atoms with Gasteiger partial charge in [0.05, 0.1) is 0 Å². The second-order valence-electron chi connectivity index (χ2n) is 4.83. The van der Waals surface area contributed by atoms with Crippen LogP contribution in [0.25, 0.3) is 0 Å². The normalized spacial score (nSPS) is 25.6. The van der Waals surface area contributed by atoms with Gasteiger partial charge < -0.3 is 0 Å². The van der Waals surface area contributed by atoms with E-state index in [9.17, 15) is 4.79 Å². The van der Waals surface area contributed by atoms with E-state index in [4.69, 9.17) is 0 Å². The molecule has 1 aliphatic rings. The van der Waals surface area contributed by atoms with Gasteiger partial charge >= 0.3 is 0 Å². The topological polar surface area (TPSA) is 17.1 Å². The summed E-state index contributed by atoms with van der Waals surface area (Å²) < 4.78 is 1.09. The highest BCUT2D eigenvalue weighted by atomic mass is 79.9. The summed E-state index contributed by atoms with van der Waals surface area (Å²) >= 11 is 5.10. The fraction of sp³-hybridized carbons (Fsp3) is 0.615. The van der Waals surface area contributed by atoms with Crippen LogP contribution in [0.3, 0.4) is 0 Å². The van der Waals surface area contributed by atoms with Crippen molar-refractivity contribution in [1.29, 1.82) is 0 Å². The van der Waals surface area contributed by atoms with Gasteiger partial charge in [-0.3, -0.25) is 4.79 Å². The van der Waals surface area contributed by atoms with Crippen LogP contribution in [0.15, 0.2) is 15.9 Å². The second-order valence-corrected chi connectivity index (χ2v) is 6.74. The second kappa shape index (κ2) is 5.46. The number of Topliss-reactive ketones (excluding diaryl/α,β-unsaturated/α-hetero) is 1. The van der Waals surface area contributed by atoms with E-state index >= 15 is 0 Å². The van der Waals surface area contributed by atoms with E-state index in [1.54, 1.807) is 11.3 Å². The summed E-state index contributed by atoms with van der Waals surface area (Å²) in [5.41, 5.74) is 0. The van der Waals surface area contributed by atoms with Crippen molar-refractivity contribution in [3.63, 3.8) is 0 Å². The fourth-order valence-electron chi connectivity index (χ4n) is 2.34. The van der Waals surface area contributed by atoms with Gasteiger partial charge in [-0.2, -0.15) is 0 Å². The Morgan fingerprint density at radius 3 is 2.69 bits per heavy atom. The Bertz CT molecular complexity index is 364. The van der Waals surface area contributed by atoms with Gasteiger partial charge in [0.2, 0.25) is 0 Å². The lowest BCUT2D eigenvalue weighted by atomic mass is 9.80. The summed E-state index contributed by atoms with van der Waals surface area (Å²) in [5, 5.41) is 2.05. The summed E-state index contributed by atoms with van der Waals surface area (Å²) in [7, 11) is 0. The molecule has 1 aromatic rings. The first-order valence-electron chi connectivity index (χ1n) is 5.91. The highest BCUT2D eigenvalue weighted by molar-refractivity contribution is 9.10. The van der Waals surface area contributed by atoms with E-state index in [2.05, 4.69) is 28.9 Å². The predicted molar refractivity (Wildman–Crippen MR) is 71.9 cm³/mol. The molecule has 0 atom stereocenters. The fourth-order valence-corrected chi connectivity index (χ4v) is 3.81. The summed E-state index contributed by atoms with van der Waals surface area (Å²) in [4.78, 5) is 13.3. The van der Waals surface area contributed by atoms with E-state index in [0.717, 1.165) is 23.2 Å². The van der Waals surface area contributed by atoms with Crippen LogP contribution in [-0.2, 0) is 11.2 Å². The van der Waals surface area contributed by atoms with Crippen molar-refractivity contribution < 1.29 is 4.79 Å². The molecule has 16 heavy (non-hydrogen) atoms. The molecule has 1 aliphatic carbocycles. The molecule has 0 bridgehead atoms. The van der Waals surface area contributed by atoms with E-state index in [1.165, 1.54) is 17.7 Å². The molecule has 0 aliphatic heterocycles. The monoisotopic (exact) mass is 300 g/mol. The minimum atomic E-state index is 0.331. The quantitative estimate of drug-likeness (QED) is 0.806. The zero-order valence-corrected chi connectivity index (χ0v) is 11.9. The van der Waals surface area contributed by atoms with Crippen LogP contribution in [0.5, 0.6) is 0 Å². The lowest BCUT2D eigenvalue weighted by Gasteiger charge is -2.24. The smallest absolute Gasteiger partial charge is 0.141 e. The molecule has 1 saturated carbocycles. The lowest BCUT2D eigenvalue weighted by molar-refractivity contribution is -0.123. The van der Waals surface area contributed by atoms with Crippen molar-refractivity contribution in [3.8, 4) is 0 Å². The number of rotatable bonds is 3. The lowest BCUT2D eigenvalue weighted by Crippen LogP contribution is -2.22. The van der Waals surface area contributed by atoms with Crippen LogP contribution in [0.1, 0.15) is 37.5 Å². The Balaban J connectivity index is 1.88. The highest BCUT2D eigenvalue weighted by Crippen LogP contribution is 2.30. The summed E-state index contributed by atoms with van der Waals surface area (Å²) in [5.74, 6) is 1.60. The first kappa shape index (κ1) is 12.3. The third kappa shape index (κ3) is 3.17. The Morgan fingerprint density at radius 1 is 1.44 bits per heavy atom. The molecule has 0 N–H and O–H groups in total. The number of carbonyl (C=O) groups excluding carboxylic acids is 1. The summed E-state index contributed by atoms with van der Waals surface area (Å²) in [6.45, 7) is 2.29. The van der Waals surface area contributed by atoms with Crippen molar-refractivity contribution >= 4 is 33.0 Å². The maximum Gasteiger partial charge on any atom is 0.141 e. The van der Waals surface area contributed by atoms with Crippen LogP contribution in [0.2, 0.25) is 0 Å². The van der Waals surface area contributed by atoms with Crippen molar-refractivity contribution in [2.24, 2.45) is 11.8 Å². The highest BCUT2D eigenvalue weighted by Gasteiger charge is 2.24. The molecular weight excluding hydrogens is 284 g/mol. The SMILES string of the molecule is CC1CCC(C(=O)Cc2cc(Br)cs2)CC1. The molecule has 1 nitrogen and oxygen atoms in total. The molecule has 1 fully saturated rings. The maximum absolute atomic E-state index is 12.1. The van der Waals surface area contributed by atoms with E-state index in [-0.39, 0.29) is 0 Å². The van der Waals surface area contributed by atoms with Gasteiger partial charge in [-0.1, -0.05) is 19.8 Å². The molecule has 1 aromatic heterocycles. The Kier molecular flexibility index (Phi) is 4.20. The maximum atomic E-state index is 12.1. The average molecular weight is 301 g/mol. The number of carbonyl (C=O) groups is 1. The van der Waals surface area contributed by atoms with Gasteiger partial charge in [0, 0.05) is 27.1 Å². The van der Waals surface area contributed by atoms with Crippen LogP contribution in [0.4, 0.5) is 0 Å². The third-order valence-corrected chi connectivity index (χ3v) is 5.14. The van der Waals surface area contributed by atoms with Gasteiger partial charge in [0.25, 0.3) is 0 Å². The number of thiophene rings is 1. The zero-order valence-electron chi connectivity index (χ0n) is 9.54. The average Bonchev–Trinajstić information content (AvgIpc) is 2.65. The molecule has 0 spiro atoms. The van der Waals surface area contributed by atoms with Crippen LogP contribution in [0, 0.1) is 11.8 Å². The predicted octanol–water partition coefficient (Wildman–Crippen LogP) is 4.45. The van der Waals surface area contributed by atoms with Gasteiger partial charge in [-0.25, -0.2) is 0 Å². The zero-order chi connectivity index (χ0) is 11.5. The molecule has 3 heteroatoms. The summed E-state index contributed by atoms with van der Waals surface area (Å²) in [6.07, 6.45) is 5.30. The van der Waals surface area contributed by atoms with Gasteiger partial charge in [0.1, 0.15) is 5.78 Å². The van der Waals surface area contributed by atoms with Crippen molar-refractivity contribution in [2.45, 2.75) is 39.0 Å². The minimum Gasteiger partial charge on any atom is -0.299 e. The first-order valence-corrected chi connectivity index (χ1v) is 7.58. The van der Waals surface area contributed by atoms with E-state index < -0.39 is 0 Å². The molecule has 1 heterocycles. The van der Waals surface area contributed by atoms with Crippen LogP contribution < -0.4 is 0 Å². The van der Waals surface area contributed by atoms with Crippen LogP contribution in [-0.4, -0.2) is 5.78 Å². The van der Waals surface area contributed by atoms with Gasteiger partial charge in [-0.05, 0) is 40.8 Å². The first-order chi connectivity index (χ1) is 7.65. The van der Waals surface area contributed by atoms with Gasteiger partial charge in [-0.15, -0.1) is 11.3 Å².